The normalized spacial score (nSPS) is 16.6. The molecule has 1 aliphatic rings. The largest absolute Gasteiger partial charge is 0.371 e. The van der Waals surface area contributed by atoms with Crippen LogP contribution in [0.25, 0.3) is 5.57 Å². The summed E-state index contributed by atoms with van der Waals surface area (Å²) >= 11 is 9.11. The van der Waals surface area contributed by atoms with Crippen LogP contribution < -0.4 is 0 Å². The van der Waals surface area contributed by atoms with Crippen molar-refractivity contribution in [1.29, 1.82) is 0 Å². The molecule has 1 atom stereocenters. The second kappa shape index (κ2) is 7.99. The number of benzene rings is 1. The van der Waals surface area contributed by atoms with E-state index in [1.165, 1.54) is 7.11 Å². The summed E-state index contributed by atoms with van der Waals surface area (Å²) < 4.78 is 28.5. The Morgan fingerprint density at radius 3 is 2.26 bits per heavy atom. The highest BCUT2D eigenvalue weighted by molar-refractivity contribution is 7.78. The first-order chi connectivity index (χ1) is 11.1. The van der Waals surface area contributed by atoms with Crippen LogP contribution in [0.2, 0.25) is 0 Å². The van der Waals surface area contributed by atoms with Crippen molar-refractivity contribution < 1.29 is 13.2 Å². The maximum Gasteiger partial charge on any atom is 0.222 e. The number of rotatable bonds is 4. The number of aliphatic imine (C=N–C) groups is 2. The lowest BCUT2D eigenvalue weighted by atomic mass is 9.92. The van der Waals surface area contributed by atoms with E-state index in [0.29, 0.717) is 11.3 Å². The summed E-state index contributed by atoms with van der Waals surface area (Å²) in [7, 11) is -1.07. The molecule has 5 nitrogen and oxygen atoms in total. The minimum Gasteiger partial charge on any atom is -0.371 e. The zero-order valence-electron chi connectivity index (χ0n) is 11.9. The number of hydrogen-bond acceptors (Lipinski definition) is 7. The second-order valence-electron chi connectivity index (χ2n) is 4.34. The summed E-state index contributed by atoms with van der Waals surface area (Å²) in [5.74, 6) is 0. The van der Waals surface area contributed by atoms with E-state index in [2.05, 4.69) is 44.7 Å². The number of isothiocyanates is 2. The van der Waals surface area contributed by atoms with Crippen molar-refractivity contribution in [3.05, 3.63) is 47.7 Å². The smallest absolute Gasteiger partial charge is 0.222 e. The highest BCUT2D eigenvalue weighted by Gasteiger charge is 2.28. The molecule has 2 rings (SSSR count). The number of hydrogen-bond donors (Lipinski definition) is 0. The first-order valence-electron chi connectivity index (χ1n) is 6.29. The van der Waals surface area contributed by atoms with Crippen molar-refractivity contribution >= 4 is 61.2 Å². The molecule has 0 saturated heterocycles. The fourth-order valence-electron chi connectivity index (χ4n) is 2.19. The molecular weight excluding hydrogens is 352 g/mol. The van der Waals surface area contributed by atoms with Gasteiger partial charge in [-0.25, -0.2) is 0 Å². The third-order valence-corrected chi connectivity index (χ3v) is 4.12. The van der Waals surface area contributed by atoms with Gasteiger partial charge >= 0.3 is 0 Å². The molecule has 0 amide bonds. The van der Waals surface area contributed by atoms with Crippen molar-refractivity contribution in [3.63, 3.8) is 0 Å². The minimum atomic E-state index is -2.51. The van der Waals surface area contributed by atoms with Gasteiger partial charge in [-0.1, -0.05) is 18.2 Å². The molecule has 0 spiro atoms. The molecular formula is C15H10N2O3S3. The summed E-state index contributed by atoms with van der Waals surface area (Å²) in [6.45, 7) is 0. The van der Waals surface area contributed by atoms with Crippen LogP contribution in [0.5, 0.6) is 0 Å². The first-order valence-corrected chi connectivity index (χ1v) is 8.18. The number of allylic oxidation sites excluding steroid dienone is 2. The van der Waals surface area contributed by atoms with Crippen LogP contribution in [0.15, 0.2) is 52.1 Å². The summed E-state index contributed by atoms with van der Waals surface area (Å²) in [6, 6.07) is 7.11. The quantitative estimate of drug-likeness (QED) is 0.608. The maximum atomic E-state index is 11.6. The molecule has 0 saturated carbocycles. The lowest BCUT2D eigenvalue weighted by molar-refractivity contribution is 0.199. The Morgan fingerprint density at radius 2 is 1.74 bits per heavy atom. The van der Waals surface area contributed by atoms with E-state index in [1.54, 1.807) is 36.4 Å². The van der Waals surface area contributed by atoms with Crippen LogP contribution in [0.1, 0.15) is 5.56 Å². The van der Waals surface area contributed by atoms with E-state index in [-0.39, 0.29) is 10.6 Å². The van der Waals surface area contributed by atoms with Gasteiger partial charge < -0.3 is 4.74 Å². The van der Waals surface area contributed by atoms with E-state index in [9.17, 15) is 8.42 Å². The molecule has 23 heavy (non-hydrogen) atoms. The average molecular weight is 362 g/mol. The van der Waals surface area contributed by atoms with Gasteiger partial charge in [-0.3, -0.25) is 0 Å². The van der Waals surface area contributed by atoms with Gasteiger partial charge in [0.25, 0.3) is 0 Å². The summed E-state index contributed by atoms with van der Waals surface area (Å²) in [5, 5.41) is 4.46. The fourth-order valence-corrected chi connectivity index (χ4v) is 3.08. The molecule has 8 heteroatoms. The van der Waals surface area contributed by atoms with Crippen LogP contribution in [-0.4, -0.2) is 36.8 Å². The molecule has 1 unspecified atom stereocenters. The Bertz CT molecular complexity index is 907. The molecule has 0 aliphatic heterocycles. The van der Waals surface area contributed by atoms with E-state index in [4.69, 9.17) is 4.74 Å². The molecule has 1 aliphatic carbocycles. The van der Waals surface area contributed by atoms with Gasteiger partial charge in [0.15, 0.2) is 0 Å². The number of nitrogens with zero attached hydrogens (tertiary/aromatic N) is 2. The van der Waals surface area contributed by atoms with Crippen molar-refractivity contribution in [3.8, 4) is 0 Å². The number of methoxy groups -OCH3 is 1. The van der Waals surface area contributed by atoms with Gasteiger partial charge in [-0.2, -0.15) is 18.4 Å². The Kier molecular flexibility index (Phi) is 6.01. The molecule has 0 heterocycles. The standard InChI is InChI=1S/C15H10N2O3S3/c1-20-14-12(10-2-4-11(5-3-10)16-8-21)6-7-13(17-9-22)15(14)23(18)19/h2-7,14H,1H3. The van der Waals surface area contributed by atoms with Crippen LogP contribution >= 0.6 is 24.4 Å². The number of ether oxygens (including phenoxy) is 1. The van der Waals surface area contributed by atoms with E-state index >= 15 is 0 Å². The zero-order valence-corrected chi connectivity index (χ0v) is 14.3. The first kappa shape index (κ1) is 17.3. The third-order valence-electron chi connectivity index (χ3n) is 3.15. The topological polar surface area (TPSA) is 68.1 Å². The van der Waals surface area contributed by atoms with Gasteiger partial charge in [0.1, 0.15) is 11.0 Å². The van der Waals surface area contributed by atoms with Gasteiger partial charge in [0.05, 0.1) is 21.7 Å². The Balaban J connectivity index is 2.59. The van der Waals surface area contributed by atoms with Crippen molar-refractivity contribution in [2.45, 2.75) is 6.10 Å². The predicted molar refractivity (Wildman–Crippen MR) is 96.9 cm³/mol. The Hall–Kier alpha value is -2.05. The van der Waals surface area contributed by atoms with Crippen LogP contribution in [0.3, 0.4) is 0 Å². The molecule has 1 aromatic rings. The summed E-state index contributed by atoms with van der Waals surface area (Å²) in [6.07, 6.45) is 2.53. The predicted octanol–water partition coefficient (Wildman–Crippen LogP) is 2.87. The third kappa shape index (κ3) is 3.83. The molecule has 1 aromatic carbocycles. The van der Waals surface area contributed by atoms with Gasteiger partial charge in [0.2, 0.25) is 10.3 Å². The lowest BCUT2D eigenvalue weighted by Gasteiger charge is -2.22. The highest BCUT2D eigenvalue weighted by atomic mass is 32.2. The SMILES string of the molecule is COC1C(c2ccc(N=C=S)cc2)=CC=C(N=C=S)C1=S(=O)=O. The second-order valence-corrected chi connectivity index (χ2v) is 5.62. The van der Waals surface area contributed by atoms with Crippen molar-refractivity contribution in [2.24, 2.45) is 9.98 Å². The monoisotopic (exact) mass is 362 g/mol. The zero-order chi connectivity index (χ0) is 16.8. The van der Waals surface area contributed by atoms with Crippen LogP contribution in [0, 0.1) is 0 Å². The maximum absolute atomic E-state index is 11.6. The summed E-state index contributed by atoms with van der Waals surface area (Å²) in [4.78, 5) is 7.68. The number of thiocarbonyl (C=S) groups is 2. The summed E-state index contributed by atoms with van der Waals surface area (Å²) in [5.41, 5.74) is 2.36. The Labute approximate surface area is 145 Å². The molecule has 0 bridgehead atoms. The van der Waals surface area contributed by atoms with E-state index < -0.39 is 16.4 Å². The van der Waals surface area contributed by atoms with Gasteiger partial charge in [-0.15, -0.1) is 0 Å². The fraction of sp³-hybridized carbons (Fsp3) is 0.133. The molecule has 0 fully saturated rings. The molecule has 0 radical (unpaired) electrons. The van der Waals surface area contributed by atoms with E-state index in [1.807, 2.05) is 0 Å². The van der Waals surface area contributed by atoms with Crippen LogP contribution in [0.4, 0.5) is 5.69 Å². The highest BCUT2D eigenvalue weighted by Crippen LogP contribution is 2.29. The van der Waals surface area contributed by atoms with Crippen LogP contribution in [-0.2, 0) is 15.0 Å². The molecule has 116 valence electrons. The molecule has 0 aromatic heterocycles. The van der Waals surface area contributed by atoms with Crippen molar-refractivity contribution in [1.82, 2.24) is 0 Å². The minimum absolute atomic E-state index is 0.0170. The van der Waals surface area contributed by atoms with Gasteiger partial charge in [-0.05, 0) is 53.8 Å². The molecule has 0 N–H and O–H groups in total. The van der Waals surface area contributed by atoms with E-state index in [0.717, 1.165) is 5.56 Å². The Morgan fingerprint density at radius 1 is 1.09 bits per heavy atom. The van der Waals surface area contributed by atoms with Gasteiger partial charge in [0, 0.05) is 7.11 Å². The lowest BCUT2D eigenvalue weighted by Crippen LogP contribution is -2.28. The average Bonchev–Trinajstić information content (AvgIpc) is 2.55. The van der Waals surface area contributed by atoms with Crippen molar-refractivity contribution in [2.75, 3.05) is 7.11 Å².